The molecule has 0 unspecified atom stereocenters. The standard InChI is InChI=1S/C16H11FN2OS/c17-13-5-3-12(4-6-13)15-10-21-16(19-15)18-9-11-1-7-14(20)8-2-11/h1-10,20H. The first kappa shape index (κ1) is 13.5. The molecule has 0 aliphatic rings. The molecule has 0 bridgehead atoms. The summed E-state index contributed by atoms with van der Waals surface area (Å²) in [5, 5.41) is 11.7. The molecule has 1 heterocycles. The Hall–Kier alpha value is -2.53. The summed E-state index contributed by atoms with van der Waals surface area (Å²) in [5.74, 6) is -0.0421. The molecule has 0 amide bonds. The van der Waals surface area contributed by atoms with E-state index in [2.05, 4.69) is 9.98 Å². The maximum absolute atomic E-state index is 12.9. The topological polar surface area (TPSA) is 45.5 Å². The highest BCUT2D eigenvalue weighted by atomic mass is 32.1. The maximum Gasteiger partial charge on any atom is 0.209 e. The van der Waals surface area contributed by atoms with E-state index in [1.807, 2.05) is 5.38 Å². The average molecular weight is 298 g/mol. The Balaban J connectivity index is 1.78. The van der Waals surface area contributed by atoms with Gasteiger partial charge in [0.05, 0.1) is 5.69 Å². The van der Waals surface area contributed by atoms with Crippen LogP contribution >= 0.6 is 11.3 Å². The summed E-state index contributed by atoms with van der Waals surface area (Å²) < 4.78 is 12.9. The van der Waals surface area contributed by atoms with Crippen molar-refractivity contribution in [2.75, 3.05) is 0 Å². The van der Waals surface area contributed by atoms with E-state index in [-0.39, 0.29) is 11.6 Å². The number of hydrogen-bond donors (Lipinski definition) is 1. The van der Waals surface area contributed by atoms with Crippen LogP contribution in [-0.2, 0) is 0 Å². The molecule has 3 aromatic rings. The number of hydrogen-bond acceptors (Lipinski definition) is 4. The van der Waals surface area contributed by atoms with Crippen molar-refractivity contribution in [2.45, 2.75) is 0 Å². The molecule has 0 aliphatic heterocycles. The Bertz CT molecular complexity index is 764. The lowest BCUT2D eigenvalue weighted by molar-refractivity contribution is 0.475. The lowest BCUT2D eigenvalue weighted by Gasteiger charge is -1.95. The van der Waals surface area contributed by atoms with Crippen molar-refractivity contribution in [3.8, 4) is 17.0 Å². The van der Waals surface area contributed by atoms with Crippen molar-refractivity contribution in [3.63, 3.8) is 0 Å². The molecule has 0 saturated carbocycles. The minimum Gasteiger partial charge on any atom is -0.508 e. The van der Waals surface area contributed by atoms with Gasteiger partial charge in [-0.3, -0.25) is 0 Å². The first-order valence-corrected chi connectivity index (χ1v) is 7.13. The molecular formula is C16H11FN2OS. The number of aromatic nitrogens is 1. The second-order valence-corrected chi connectivity index (χ2v) is 5.21. The largest absolute Gasteiger partial charge is 0.508 e. The summed E-state index contributed by atoms with van der Waals surface area (Å²) in [4.78, 5) is 8.69. The van der Waals surface area contributed by atoms with Crippen molar-refractivity contribution in [3.05, 3.63) is 65.3 Å². The number of aromatic hydroxyl groups is 1. The lowest BCUT2D eigenvalue weighted by Crippen LogP contribution is -1.80. The van der Waals surface area contributed by atoms with Crippen molar-refractivity contribution in [2.24, 2.45) is 4.99 Å². The normalized spacial score (nSPS) is 11.1. The second-order valence-electron chi connectivity index (χ2n) is 4.37. The van der Waals surface area contributed by atoms with E-state index in [9.17, 15) is 9.50 Å². The van der Waals surface area contributed by atoms with Crippen LogP contribution in [0.5, 0.6) is 5.75 Å². The van der Waals surface area contributed by atoms with Crippen LogP contribution in [0.15, 0.2) is 58.9 Å². The number of rotatable bonds is 3. The minimum atomic E-state index is -0.264. The van der Waals surface area contributed by atoms with Gasteiger partial charge in [0.2, 0.25) is 5.13 Å². The summed E-state index contributed by atoms with van der Waals surface area (Å²) in [5.41, 5.74) is 2.52. The van der Waals surface area contributed by atoms with Gasteiger partial charge >= 0.3 is 0 Å². The molecule has 0 fully saturated rings. The van der Waals surface area contributed by atoms with Crippen LogP contribution in [-0.4, -0.2) is 16.3 Å². The highest BCUT2D eigenvalue weighted by Crippen LogP contribution is 2.26. The average Bonchev–Trinajstić information content (AvgIpc) is 2.96. The van der Waals surface area contributed by atoms with Crippen LogP contribution in [0.4, 0.5) is 9.52 Å². The molecule has 5 heteroatoms. The first-order valence-electron chi connectivity index (χ1n) is 6.25. The van der Waals surface area contributed by atoms with Gasteiger partial charge in [0.1, 0.15) is 11.6 Å². The third-order valence-corrected chi connectivity index (χ3v) is 3.60. The third kappa shape index (κ3) is 3.32. The SMILES string of the molecule is Oc1ccc(C=Nc2nc(-c3ccc(F)cc3)cs2)cc1. The molecule has 1 N–H and O–H groups in total. The number of phenols is 1. The van der Waals surface area contributed by atoms with E-state index < -0.39 is 0 Å². The number of phenolic OH excluding ortho intramolecular Hbond substituents is 1. The highest BCUT2D eigenvalue weighted by Gasteiger charge is 2.03. The van der Waals surface area contributed by atoms with Gasteiger partial charge in [-0.1, -0.05) is 0 Å². The summed E-state index contributed by atoms with van der Waals surface area (Å²) in [6.45, 7) is 0. The molecule has 0 aliphatic carbocycles. The Morgan fingerprint density at radius 1 is 1.05 bits per heavy atom. The van der Waals surface area contributed by atoms with Gasteiger partial charge in [-0.05, 0) is 54.1 Å². The first-order chi connectivity index (χ1) is 10.2. The summed E-state index contributed by atoms with van der Waals surface area (Å²) in [6, 6.07) is 13.0. The molecule has 3 rings (SSSR count). The van der Waals surface area contributed by atoms with Crippen LogP contribution in [0.3, 0.4) is 0 Å². The van der Waals surface area contributed by atoms with Gasteiger partial charge in [-0.25, -0.2) is 14.4 Å². The van der Waals surface area contributed by atoms with Gasteiger partial charge in [-0.2, -0.15) is 0 Å². The Morgan fingerprint density at radius 3 is 2.48 bits per heavy atom. The molecule has 21 heavy (non-hydrogen) atoms. The summed E-state index contributed by atoms with van der Waals surface area (Å²) in [6.07, 6.45) is 1.69. The van der Waals surface area contributed by atoms with Crippen LogP contribution in [0.25, 0.3) is 11.3 Å². The number of aliphatic imine (C=N–C) groups is 1. The molecule has 0 saturated heterocycles. The zero-order chi connectivity index (χ0) is 14.7. The van der Waals surface area contributed by atoms with E-state index in [4.69, 9.17) is 0 Å². The fourth-order valence-electron chi connectivity index (χ4n) is 1.77. The second kappa shape index (κ2) is 5.85. The van der Waals surface area contributed by atoms with Gasteiger partial charge in [0.25, 0.3) is 0 Å². The van der Waals surface area contributed by atoms with E-state index in [1.54, 1.807) is 42.6 Å². The molecule has 2 aromatic carbocycles. The molecule has 1 aromatic heterocycles. The fourth-order valence-corrected chi connectivity index (χ4v) is 2.44. The van der Waals surface area contributed by atoms with E-state index in [0.717, 1.165) is 16.8 Å². The van der Waals surface area contributed by atoms with Crippen molar-refractivity contribution >= 4 is 22.7 Å². The predicted octanol–water partition coefficient (Wildman–Crippen LogP) is 4.41. The molecule has 3 nitrogen and oxygen atoms in total. The van der Waals surface area contributed by atoms with E-state index in [0.29, 0.717) is 5.13 Å². The van der Waals surface area contributed by atoms with Gasteiger partial charge in [0.15, 0.2) is 0 Å². The Kier molecular flexibility index (Phi) is 3.75. The quantitative estimate of drug-likeness (QED) is 0.728. The number of benzene rings is 2. The summed E-state index contributed by atoms with van der Waals surface area (Å²) >= 11 is 1.42. The van der Waals surface area contributed by atoms with Crippen LogP contribution in [0.2, 0.25) is 0 Å². The lowest BCUT2D eigenvalue weighted by atomic mass is 10.2. The predicted molar refractivity (Wildman–Crippen MR) is 82.9 cm³/mol. The monoisotopic (exact) mass is 298 g/mol. The molecule has 104 valence electrons. The molecule has 0 atom stereocenters. The van der Waals surface area contributed by atoms with E-state index >= 15 is 0 Å². The number of nitrogens with zero attached hydrogens (tertiary/aromatic N) is 2. The Labute approximate surface area is 125 Å². The fraction of sp³-hybridized carbons (Fsp3) is 0. The van der Waals surface area contributed by atoms with Crippen molar-refractivity contribution in [1.29, 1.82) is 0 Å². The zero-order valence-corrected chi connectivity index (χ0v) is 11.7. The molecule has 0 spiro atoms. The maximum atomic E-state index is 12.9. The zero-order valence-electron chi connectivity index (χ0n) is 10.9. The summed E-state index contributed by atoms with van der Waals surface area (Å²) in [7, 11) is 0. The van der Waals surface area contributed by atoms with Crippen molar-refractivity contribution < 1.29 is 9.50 Å². The van der Waals surface area contributed by atoms with Gasteiger partial charge < -0.3 is 5.11 Å². The van der Waals surface area contributed by atoms with Crippen LogP contribution in [0.1, 0.15) is 5.56 Å². The Morgan fingerprint density at radius 2 is 1.76 bits per heavy atom. The molecule has 0 radical (unpaired) electrons. The van der Waals surface area contributed by atoms with Crippen molar-refractivity contribution in [1.82, 2.24) is 4.98 Å². The van der Waals surface area contributed by atoms with Crippen LogP contribution in [0, 0.1) is 5.82 Å². The van der Waals surface area contributed by atoms with Gasteiger partial charge in [-0.15, -0.1) is 11.3 Å². The van der Waals surface area contributed by atoms with Crippen LogP contribution < -0.4 is 0 Å². The molecular weight excluding hydrogens is 287 g/mol. The third-order valence-electron chi connectivity index (χ3n) is 2.85. The number of halogens is 1. The smallest absolute Gasteiger partial charge is 0.209 e. The van der Waals surface area contributed by atoms with E-state index in [1.165, 1.54) is 23.5 Å². The minimum absolute atomic E-state index is 0.222. The van der Waals surface area contributed by atoms with Gasteiger partial charge in [0, 0.05) is 17.2 Å². The number of thiazole rings is 1. The highest BCUT2D eigenvalue weighted by molar-refractivity contribution is 7.13.